The van der Waals surface area contributed by atoms with Crippen LogP contribution in [-0.2, 0) is 11.2 Å². The molecular formula is C22H41IN6O3. The monoisotopic (exact) mass is 564 g/mol. The van der Waals surface area contributed by atoms with Crippen LogP contribution in [0.2, 0.25) is 0 Å². The maximum absolute atomic E-state index is 12.4. The number of rotatable bonds is 7. The minimum Gasteiger partial charge on any atom is -0.444 e. The van der Waals surface area contributed by atoms with Crippen LogP contribution in [0.25, 0.3) is 0 Å². The van der Waals surface area contributed by atoms with Crippen molar-refractivity contribution in [1.29, 1.82) is 0 Å². The summed E-state index contributed by atoms with van der Waals surface area (Å²) in [4.78, 5) is 25.3. The Labute approximate surface area is 209 Å². The first-order valence-corrected chi connectivity index (χ1v) is 11.4. The van der Waals surface area contributed by atoms with Gasteiger partial charge in [-0.25, -0.2) is 4.79 Å². The highest BCUT2D eigenvalue weighted by molar-refractivity contribution is 14.0. The largest absolute Gasteiger partial charge is 0.444 e. The maximum Gasteiger partial charge on any atom is 0.410 e. The summed E-state index contributed by atoms with van der Waals surface area (Å²) in [5.41, 5.74) is -0.469. The van der Waals surface area contributed by atoms with Crippen LogP contribution >= 0.6 is 24.0 Å². The zero-order valence-electron chi connectivity index (χ0n) is 20.7. The smallest absolute Gasteiger partial charge is 0.410 e. The summed E-state index contributed by atoms with van der Waals surface area (Å²) in [5, 5.41) is 7.40. The van der Waals surface area contributed by atoms with E-state index in [1.165, 1.54) is 0 Å². The van der Waals surface area contributed by atoms with E-state index in [0.29, 0.717) is 31.3 Å². The number of hydrogen-bond acceptors (Lipinski definition) is 6. The quantitative estimate of drug-likeness (QED) is 0.305. The molecule has 1 aliphatic rings. The molecule has 1 aliphatic heterocycles. The summed E-state index contributed by atoms with van der Waals surface area (Å²) < 4.78 is 10.8. The molecule has 0 aromatic carbocycles. The Bertz CT molecular complexity index is 723. The van der Waals surface area contributed by atoms with Crippen LogP contribution in [-0.4, -0.2) is 77.4 Å². The second kappa shape index (κ2) is 13.2. The third-order valence-corrected chi connectivity index (χ3v) is 5.26. The van der Waals surface area contributed by atoms with Crippen molar-refractivity contribution >= 4 is 36.0 Å². The molecule has 0 unspecified atom stereocenters. The van der Waals surface area contributed by atoms with Crippen LogP contribution in [0.5, 0.6) is 0 Å². The molecule has 1 aromatic heterocycles. The van der Waals surface area contributed by atoms with Gasteiger partial charge in [0.05, 0.1) is 0 Å². The van der Waals surface area contributed by atoms with Gasteiger partial charge in [-0.1, -0.05) is 19.0 Å². The Hall–Kier alpha value is -1.59. The van der Waals surface area contributed by atoms with Crippen molar-refractivity contribution in [3.8, 4) is 0 Å². The van der Waals surface area contributed by atoms with Crippen molar-refractivity contribution < 1.29 is 14.1 Å². The first-order valence-electron chi connectivity index (χ1n) is 11.4. The number of likely N-dealkylation sites (tertiary alicyclic amines) is 1. The van der Waals surface area contributed by atoms with Gasteiger partial charge in [-0.3, -0.25) is 4.99 Å². The van der Waals surface area contributed by atoms with Crippen LogP contribution in [0.1, 0.15) is 72.0 Å². The second-order valence-electron chi connectivity index (χ2n) is 9.37. The first-order chi connectivity index (χ1) is 14.6. The third kappa shape index (κ3) is 9.11. The van der Waals surface area contributed by atoms with Gasteiger partial charge in [0.2, 0.25) is 5.89 Å². The first kappa shape index (κ1) is 28.4. The van der Waals surface area contributed by atoms with Gasteiger partial charge in [-0.05, 0) is 46.5 Å². The molecule has 2 heterocycles. The fourth-order valence-corrected chi connectivity index (χ4v) is 3.52. The Morgan fingerprint density at radius 2 is 2.00 bits per heavy atom. The van der Waals surface area contributed by atoms with Crippen LogP contribution in [0.15, 0.2) is 9.52 Å². The number of ether oxygens (including phenoxy) is 1. The van der Waals surface area contributed by atoms with Gasteiger partial charge < -0.3 is 24.4 Å². The van der Waals surface area contributed by atoms with E-state index in [0.717, 1.165) is 44.3 Å². The molecule has 10 heteroatoms. The second-order valence-corrected chi connectivity index (χ2v) is 9.37. The summed E-state index contributed by atoms with van der Waals surface area (Å²) >= 11 is 0. The number of halogens is 1. The van der Waals surface area contributed by atoms with Crippen molar-refractivity contribution in [3.05, 3.63) is 11.7 Å². The number of aromatic nitrogens is 2. The summed E-state index contributed by atoms with van der Waals surface area (Å²) in [5.74, 6) is 3.01. The molecule has 2 rings (SSSR count). The zero-order valence-corrected chi connectivity index (χ0v) is 23.0. The number of hydrogen-bond donors (Lipinski definition) is 1. The lowest BCUT2D eigenvalue weighted by atomic mass is 9.96. The normalized spacial score (nSPS) is 15.5. The number of piperidine rings is 1. The van der Waals surface area contributed by atoms with Gasteiger partial charge in [0.15, 0.2) is 11.8 Å². The van der Waals surface area contributed by atoms with Crippen LogP contribution in [0.4, 0.5) is 4.79 Å². The molecule has 1 N–H and O–H groups in total. The van der Waals surface area contributed by atoms with Crippen LogP contribution in [0.3, 0.4) is 0 Å². The minimum absolute atomic E-state index is 0. The molecular weight excluding hydrogens is 523 g/mol. The molecule has 0 radical (unpaired) electrons. The van der Waals surface area contributed by atoms with Crippen LogP contribution in [0, 0.1) is 5.92 Å². The number of carbonyl (C=O) groups is 1. The third-order valence-electron chi connectivity index (χ3n) is 5.26. The van der Waals surface area contributed by atoms with Crippen molar-refractivity contribution in [3.63, 3.8) is 0 Å². The molecule has 9 nitrogen and oxygen atoms in total. The van der Waals surface area contributed by atoms with Gasteiger partial charge in [0.1, 0.15) is 5.60 Å². The highest BCUT2D eigenvalue weighted by atomic mass is 127. The van der Waals surface area contributed by atoms with E-state index in [9.17, 15) is 4.79 Å². The molecule has 1 saturated heterocycles. The number of nitrogens with zero attached hydrogens (tertiary/aromatic N) is 5. The van der Waals surface area contributed by atoms with Gasteiger partial charge in [-0.15, -0.1) is 24.0 Å². The van der Waals surface area contributed by atoms with E-state index in [-0.39, 0.29) is 36.0 Å². The molecule has 1 fully saturated rings. The highest BCUT2D eigenvalue weighted by Crippen LogP contribution is 2.20. The molecule has 0 bridgehead atoms. The predicted octanol–water partition coefficient (Wildman–Crippen LogP) is 3.90. The average molecular weight is 565 g/mol. The van der Waals surface area contributed by atoms with Gasteiger partial charge in [0.25, 0.3) is 0 Å². The van der Waals surface area contributed by atoms with Crippen molar-refractivity contribution in [1.82, 2.24) is 25.3 Å². The van der Waals surface area contributed by atoms with E-state index in [1.807, 2.05) is 46.4 Å². The molecule has 1 aromatic rings. The SMILES string of the molecule is CCN(CC1CCN(C(=NC)NCCc2nc(C(C)C)no2)CC1)C(=O)OC(C)(C)C.I. The maximum atomic E-state index is 12.4. The number of carbonyl (C=O) groups excluding carboxylic acids is 1. The number of aliphatic imine (C=N–C) groups is 1. The van der Waals surface area contributed by atoms with E-state index in [2.05, 4.69) is 25.3 Å². The minimum atomic E-state index is -0.469. The number of guanidine groups is 1. The Kier molecular flexibility index (Phi) is 11.7. The molecule has 0 atom stereocenters. The lowest BCUT2D eigenvalue weighted by Gasteiger charge is -2.36. The number of nitrogens with one attached hydrogen (secondary N) is 1. The standard InChI is InChI=1S/C22H40N6O3.HI/c1-8-27(21(29)30-22(4,5)6)15-17-10-13-28(14-11-17)20(23-7)24-12-9-18-25-19(16(2)3)26-31-18;/h16-17H,8-15H2,1-7H3,(H,23,24);1H. The molecule has 184 valence electrons. The molecule has 0 aliphatic carbocycles. The topological polar surface area (TPSA) is 96.1 Å². The summed E-state index contributed by atoms with van der Waals surface area (Å²) in [6, 6.07) is 0. The van der Waals surface area contributed by atoms with Crippen LogP contribution < -0.4 is 5.32 Å². The Balaban J connectivity index is 0.00000512. The summed E-state index contributed by atoms with van der Waals surface area (Å²) in [6.45, 7) is 15.7. The molecule has 0 saturated carbocycles. The zero-order chi connectivity index (χ0) is 23.0. The van der Waals surface area contributed by atoms with E-state index >= 15 is 0 Å². The molecule has 0 spiro atoms. The average Bonchev–Trinajstić information content (AvgIpc) is 3.18. The number of amides is 1. The van der Waals surface area contributed by atoms with Gasteiger partial charge in [0, 0.05) is 52.1 Å². The van der Waals surface area contributed by atoms with Crippen molar-refractivity contribution in [2.45, 2.75) is 72.3 Å². The Morgan fingerprint density at radius 1 is 1.34 bits per heavy atom. The summed E-state index contributed by atoms with van der Waals surface area (Å²) in [6.07, 6.45) is 2.47. The molecule has 32 heavy (non-hydrogen) atoms. The van der Waals surface area contributed by atoms with Gasteiger partial charge >= 0.3 is 6.09 Å². The van der Waals surface area contributed by atoms with Crippen molar-refractivity contribution in [2.24, 2.45) is 10.9 Å². The fourth-order valence-electron chi connectivity index (χ4n) is 3.52. The molecule has 1 amide bonds. The van der Waals surface area contributed by atoms with E-state index < -0.39 is 5.60 Å². The van der Waals surface area contributed by atoms with Crippen molar-refractivity contribution in [2.75, 3.05) is 39.8 Å². The van der Waals surface area contributed by atoms with Gasteiger partial charge in [-0.2, -0.15) is 4.98 Å². The predicted molar refractivity (Wildman–Crippen MR) is 137 cm³/mol. The van der Waals surface area contributed by atoms with E-state index in [1.54, 1.807) is 7.05 Å². The highest BCUT2D eigenvalue weighted by Gasteiger charge is 2.27. The summed E-state index contributed by atoms with van der Waals surface area (Å²) in [7, 11) is 1.80. The fraction of sp³-hybridized carbons (Fsp3) is 0.818. The van der Waals surface area contributed by atoms with E-state index in [4.69, 9.17) is 9.26 Å². The Morgan fingerprint density at radius 3 is 2.50 bits per heavy atom. The lowest BCUT2D eigenvalue weighted by molar-refractivity contribution is 0.0214. The lowest BCUT2D eigenvalue weighted by Crippen LogP contribution is -2.48.